The largest absolute Gasteiger partial charge is 0.381 e. The Morgan fingerprint density at radius 1 is 1.20 bits per heavy atom. The Hall–Kier alpha value is -1.10. The molecule has 1 heterocycles. The number of benzene rings is 1. The van der Waals surface area contributed by atoms with Crippen LogP contribution in [0.15, 0.2) is 30.3 Å². The van der Waals surface area contributed by atoms with Crippen LogP contribution >= 0.6 is 12.4 Å². The first-order chi connectivity index (χ1) is 11.8. The highest BCUT2D eigenvalue weighted by Crippen LogP contribution is 2.17. The molecule has 1 aliphatic rings. The second kappa shape index (κ2) is 13.2. The maximum Gasteiger partial charge on any atom is 0.222 e. The van der Waals surface area contributed by atoms with Crippen LogP contribution in [-0.4, -0.2) is 50.2 Å². The second-order valence-corrected chi connectivity index (χ2v) is 6.58. The van der Waals surface area contributed by atoms with Gasteiger partial charge in [-0.05, 0) is 50.3 Å². The van der Waals surface area contributed by atoms with Gasteiger partial charge in [0.05, 0.1) is 6.61 Å². The number of carbonyl (C=O) groups excluding carboxylic acids is 1. The van der Waals surface area contributed by atoms with E-state index in [9.17, 15) is 4.79 Å². The van der Waals surface area contributed by atoms with Gasteiger partial charge in [0, 0.05) is 26.1 Å². The van der Waals surface area contributed by atoms with Crippen LogP contribution in [0.5, 0.6) is 0 Å². The summed E-state index contributed by atoms with van der Waals surface area (Å²) in [6.45, 7) is 7.51. The van der Waals surface area contributed by atoms with Crippen molar-refractivity contribution in [1.82, 2.24) is 10.2 Å². The fraction of sp³-hybridized carbons (Fsp3) is 0.650. The Labute approximate surface area is 158 Å². The summed E-state index contributed by atoms with van der Waals surface area (Å²) in [5.41, 5.74) is 1.30. The SMILES string of the molecule is CCNCC1CCN(C(=O)CCCOCCc2ccccc2)CC1.Cl. The summed E-state index contributed by atoms with van der Waals surface area (Å²) in [6.07, 6.45) is 4.64. The molecule has 1 fully saturated rings. The van der Waals surface area contributed by atoms with Gasteiger partial charge in [0.1, 0.15) is 0 Å². The normalized spacial score (nSPS) is 15.0. The number of hydrogen-bond donors (Lipinski definition) is 1. The molecule has 0 radical (unpaired) electrons. The van der Waals surface area contributed by atoms with E-state index in [0.717, 1.165) is 64.4 Å². The Kier molecular flexibility index (Phi) is 11.5. The highest BCUT2D eigenvalue weighted by molar-refractivity contribution is 5.85. The molecule has 1 aliphatic heterocycles. The quantitative estimate of drug-likeness (QED) is 0.644. The van der Waals surface area contributed by atoms with E-state index in [1.807, 2.05) is 11.0 Å². The van der Waals surface area contributed by atoms with Gasteiger partial charge in [-0.1, -0.05) is 37.3 Å². The van der Waals surface area contributed by atoms with Crippen LogP contribution in [0, 0.1) is 5.92 Å². The van der Waals surface area contributed by atoms with Crippen LogP contribution in [0.1, 0.15) is 38.2 Å². The molecule has 0 aromatic heterocycles. The van der Waals surface area contributed by atoms with Crippen LogP contribution in [0.2, 0.25) is 0 Å². The lowest BCUT2D eigenvalue weighted by molar-refractivity contribution is -0.132. The number of halogens is 1. The molecule has 1 amide bonds. The number of nitrogens with one attached hydrogen (secondary N) is 1. The summed E-state index contributed by atoms with van der Waals surface area (Å²) in [5.74, 6) is 1.03. The molecule has 0 aliphatic carbocycles. The van der Waals surface area contributed by atoms with Gasteiger partial charge in [0.2, 0.25) is 5.91 Å². The average Bonchev–Trinajstić information content (AvgIpc) is 2.64. The van der Waals surface area contributed by atoms with Crippen LogP contribution in [0.25, 0.3) is 0 Å². The van der Waals surface area contributed by atoms with E-state index in [-0.39, 0.29) is 12.4 Å². The van der Waals surface area contributed by atoms with Crippen molar-refractivity contribution in [1.29, 1.82) is 0 Å². The molecule has 2 rings (SSSR count). The summed E-state index contributed by atoms with van der Waals surface area (Å²) in [4.78, 5) is 14.3. The molecule has 1 aromatic carbocycles. The molecular formula is C20H33ClN2O2. The Morgan fingerprint density at radius 3 is 2.60 bits per heavy atom. The van der Waals surface area contributed by atoms with Gasteiger partial charge < -0.3 is 15.0 Å². The maximum absolute atomic E-state index is 12.2. The van der Waals surface area contributed by atoms with Crippen LogP contribution in [0.3, 0.4) is 0 Å². The van der Waals surface area contributed by atoms with Gasteiger partial charge in [-0.25, -0.2) is 0 Å². The lowest BCUT2D eigenvalue weighted by Crippen LogP contribution is -2.40. The molecule has 5 heteroatoms. The predicted octanol–water partition coefficient (Wildman–Crippen LogP) is 3.30. The number of rotatable bonds is 10. The zero-order valence-electron chi connectivity index (χ0n) is 15.4. The molecule has 0 saturated carbocycles. The molecule has 1 saturated heterocycles. The van der Waals surface area contributed by atoms with Crippen LogP contribution in [0.4, 0.5) is 0 Å². The summed E-state index contributed by atoms with van der Waals surface area (Å²) in [6, 6.07) is 10.4. The number of hydrogen-bond acceptors (Lipinski definition) is 3. The number of amides is 1. The van der Waals surface area contributed by atoms with E-state index < -0.39 is 0 Å². The molecule has 1 N–H and O–H groups in total. The monoisotopic (exact) mass is 368 g/mol. The summed E-state index contributed by atoms with van der Waals surface area (Å²) >= 11 is 0. The first-order valence-electron chi connectivity index (χ1n) is 9.39. The standard InChI is InChI=1S/C20H32N2O2.ClH/c1-2-21-17-19-10-13-22(14-11-19)20(23)9-6-15-24-16-12-18-7-4-3-5-8-18;/h3-5,7-8,19,21H,2,6,9-17H2,1H3;1H. The van der Waals surface area contributed by atoms with E-state index >= 15 is 0 Å². The fourth-order valence-corrected chi connectivity index (χ4v) is 3.16. The van der Waals surface area contributed by atoms with Crippen molar-refractivity contribution in [3.8, 4) is 0 Å². The first kappa shape index (κ1) is 21.9. The van der Waals surface area contributed by atoms with Crippen molar-refractivity contribution in [2.45, 2.75) is 39.0 Å². The minimum atomic E-state index is 0. The van der Waals surface area contributed by atoms with Crippen molar-refractivity contribution in [2.24, 2.45) is 5.92 Å². The third-order valence-electron chi connectivity index (χ3n) is 4.71. The minimum Gasteiger partial charge on any atom is -0.381 e. The van der Waals surface area contributed by atoms with Crippen molar-refractivity contribution >= 4 is 18.3 Å². The summed E-state index contributed by atoms with van der Waals surface area (Å²) < 4.78 is 5.66. The number of ether oxygens (including phenoxy) is 1. The van der Waals surface area contributed by atoms with E-state index in [1.165, 1.54) is 5.56 Å². The topological polar surface area (TPSA) is 41.6 Å². The van der Waals surface area contributed by atoms with E-state index in [1.54, 1.807) is 0 Å². The number of piperidine rings is 1. The van der Waals surface area contributed by atoms with Gasteiger partial charge >= 0.3 is 0 Å². The molecule has 0 spiro atoms. The highest BCUT2D eigenvalue weighted by Gasteiger charge is 2.21. The third kappa shape index (κ3) is 8.70. The minimum absolute atomic E-state index is 0. The Balaban J connectivity index is 0.00000312. The van der Waals surface area contributed by atoms with Crippen LogP contribution < -0.4 is 5.32 Å². The fourth-order valence-electron chi connectivity index (χ4n) is 3.16. The zero-order valence-corrected chi connectivity index (χ0v) is 16.2. The van der Waals surface area contributed by atoms with Gasteiger partial charge in [0.25, 0.3) is 0 Å². The lowest BCUT2D eigenvalue weighted by Gasteiger charge is -2.32. The molecule has 0 bridgehead atoms. The summed E-state index contributed by atoms with van der Waals surface area (Å²) in [7, 11) is 0. The smallest absolute Gasteiger partial charge is 0.222 e. The first-order valence-corrected chi connectivity index (χ1v) is 9.39. The molecular weight excluding hydrogens is 336 g/mol. The predicted molar refractivity (Wildman–Crippen MR) is 105 cm³/mol. The van der Waals surface area contributed by atoms with Gasteiger partial charge in [0.15, 0.2) is 0 Å². The van der Waals surface area contributed by atoms with Crippen molar-refractivity contribution in [2.75, 3.05) is 39.4 Å². The van der Waals surface area contributed by atoms with Crippen molar-refractivity contribution < 1.29 is 9.53 Å². The Morgan fingerprint density at radius 2 is 1.92 bits per heavy atom. The molecule has 142 valence electrons. The Bertz CT molecular complexity index is 462. The van der Waals surface area contributed by atoms with Crippen molar-refractivity contribution in [3.05, 3.63) is 35.9 Å². The van der Waals surface area contributed by atoms with E-state index in [2.05, 4.69) is 36.5 Å². The molecule has 0 atom stereocenters. The number of carbonyl (C=O) groups is 1. The van der Waals surface area contributed by atoms with E-state index in [4.69, 9.17) is 4.74 Å². The molecule has 4 nitrogen and oxygen atoms in total. The average molecular weight is 369 g/mol. The molecule has 1 aromatic rings. The molecule has 25 heavy (non-hydrogen) atoms. The van der Waals surface area contributed by atoms with Crippen molar-refractivity contribution in [3.63, 3.8) is 0 Å². The van der Waals surface area contributed by atoms with Gasteiger partial charge in [-0.2, -0.15) is 0 Å². The maximum atomic E-state index is 12.2. The third-order valence-corrected chi connectivity index (χ3v) is 4.71. The van der Waals surface area contributed by atoms with Gasteiger partial charge in [-0.3, -0.25) is 4.79 Å². The highest BCUT2D eigenvalue weighted by atomic mass is 35.5. The lowest BCUT2D eigenvalue weighted by atomic mass is 9.96. The van der Waals surface area contributed by atoms with Crippen LogP contribution in [-0.2, 0) is 16.0 Å². The molecule has 0 unspecified atom stereocenters. The van der Waals surface area contributed by atoms with E-state index in [0.29, 0.717) is 18.9 Å². The number of nitrogens with zero attached hydrogens (tertiary/aromatic N) is 1. The zero-order chi connectivity index (χ0) is 17.0. The number of likely N-dealkylation sites (tertiary alicyclic amines) is 1. The van der Waals surface area contributed by atoms with Gasteiger partial charge in [-0.15, -0.1) is 12.4 Å². The summed E-state index contributed by atoms with van der Waals surface area (Å²) in [5, 5.41) is 3.41. The second-order valence-electron chi connectivity index (χ2n) is 6.58.